The lowest BCUT2D eigenvalue weighted by molar-refractivity contribution is -0.138. The van der Waals surface area contributed by atoms with Gasteiger partial charge >= 0.3 is 11.9 Å². The SMILES string of the molecule is O=C(O)CCCCCCC(=O)NCC(=O)O. The number of carbonyl (C=O) groups is 3. The molecule has 0 saturated heterocycles. The van der Waals surface area contributed by atoms with Crippen LogP contribution in [0.3, 0.4) is 0 Å². The first-order valence-electron chi connectivity index (χ1n) is 5.22. The lowest BCUT2D eigenvalue weighted by atomic mass is 10.1. The number of hydrogen-bond acceptors (Lipinski definition) is 3. The highest BCUT2D eigenvalue weighted by Crippen LogP contribution is 2.05. The van der Waals surface area contributed by atoms with E-state index in [0.717, 1.165) is 12.8 Å². The Balaban J connectivity index is 3.27. The third-order valence-electron chi connectivity index (χ3n) is 1.98. The first-order chi connectivity index (χ1) is 7.52. The van der Waals surface area contributed by atoms with Gasteiger partial charge in [0.15, 0.2) is 0 Å². The Morgan fingerprint density at radius 3 is 1.88 bits per heavy atom. The number of aliphatic carboxylic acids is 2. The first kappa shape index (κ1) is 14.4. The maximum atomic E-state index is 11.0. The highest BCUT2D eigenvalue weighted by Gasteiger charge is 2.03. The first-order valence-corrected chi connectivity index (χ1v) is 5.22. The summed E-state index contributed by atoms with van der Waals surface area (Å²) in [4.78, 5) is 31.3. The van der Waals surface area contributed by atoms with Crippen LogP contribution >= 0.6 is 0 Å². The van der Waals surface area contributed by atoms with Gasteiger partial charge in [0.1, 0.15) is 6.54 Å². The normalized spacial score (nSPS) is 9.75. The molecule has 16 heavy (non-hydrogen) atoms. The molecule has 0 bridgehead atoms. The van der Waals surface area contributed by atoms with Crippen LogP contribution in [0.1, 0.15) is 38.5 Å². The summed E-state index contributed by atoms with van der Waals surface area (Å²) in [6, 6.07) is 0. The summed E-state index contributed by atoms with van der Waals surface area (Å²) >= 11 is 0. The minimum atomic E-state index is -1.06. The maximum Gasteiger partial charge on any atom is 0.322 e. The van der Waals surface area contributed by atoms with E-state index in [1.807, 2.05) is 0 Å². The van der Waals surface area contributed by atoms with Crippen LogP contribution in [0.4, 0.5) is 0 Å². The quantitative estimate of drug-likeness (QED) is 0.504. The number of carboxylic acids is 2. The van der Waals surface area contributed by atoms with Crippen LogP contribution in [0.2, 0.25) is 0 Å². The topological polar surface area (TPSA) is 104 Å². The average molecular weight is 231 g/mol. The second-order valence-corrected chi connectivity index (χ2v) is 3.48. The van der Waals surface area contributed by atoms with E-state index in [9.17, 15) is 14.4 Å². The van der Waals surface area contributed by atoms with Crippen molar-refractivity contribution < 1.29 is 24.6 Å². The maximum absolute atomic E-state index is 11.0. The molecule has 0 heterocycles. The van der Waals surface area contributed by atoms with E-state index in [0.29, 0.717) is 19.3 Å². The Morgan fingerprint density at radius 2 is 1.38 bits per heavy atom. The van der Waals surface area contributed by atoms with E-state index in [1.54, 1.807) is 0 Å². The van der Waals surface area contributed by atoms with Gasteiger partial charge in [0.05, 0.1) is 0 Å². The van der Waals surface area contributed by atoms with Crippen molar-refractivity contribution in [1.29, 1.82) is 0 Å². The molecule has 0 saturated carbocycles. The molecular formula is C10H17NO5. The van der Waals surface area contributed by atoms with Gasteiger partial charge in [-0.25, -0.2) is 0 Å². The van der Waals surface area contributed by atoms with E-state index in [2.05, 4.69) is 5.32 Å². The van der Waals surface area contributed by atoms with E-state index in [4.69, 9.17) is 10.2 Å². The van der Waals surface area contributed by atoms with Crippen molar-refractivity contribution >= 4 is 17.8 Å². The zero-order chi connectivity index (χ0) is 12.4. The number of nitrogens with one attached hydrogen (secondary N) is 1. The Kier molecular flexibility index (Phi) is 7.83. The molecule has 0 spiro atoms. The van der Waals surface area contributed by atoms with Gasteiger partial charge in [-0.2, -0.15) is 0 Å². The van der Waals surface area contributed by atoms with Gasteiger partial charge in [-0.3, -0.25) is 14.4 Å². The fraction of sp³-hybridized carbons (Fsp3) is 0.700. The van der Waals surface area contributed by atoms with Crippen LogP contribution in [-0.2, 0) is 14.4 Å². The summed E-state index contributed by atoms with van der Waals surface area (Å²) in [6.45, 7) is -0.349. The van der Waals surface area contributed by atoms with Crippen molar-refractivity contribution in [2.24, 2.45) is 0 Å². The lowest BCUT2D eigenvalue weighted by Gasteiger charge is -2.01. The molecule has 0 atom stereocenters. The number of carbonyl (C=O) groups excluding carboxylic acids is 1. The van der Waals surface area contributed by atoms with Gasteiger partial charge < -0.3 is 15.5 Å². The van der Waals surface area contributed by atoms with Crippen LogP contribution in [0, 0.1) is 0 Å². The van der Waals surface area contributed by atoms with Gasteiger partial charge in [0, 0.05) is 12.8 Å². The van der Waals surface area contributed by atoms with Gasteiger partial charge in [0.2, 0.25) is 5.91 Å². The Morgan fingerprint density at radius 1 is 0.812 bits per heavy atom. The minimum Gasteiger partial charge on any atom is -0.481 e. The Hall–Kier alpha value is -1.59. The highest BCUT2D eigenvalue weighted by molar-refractivity contribution is 5.80. The second-order valence-electron chi connectivity index (χ2n) is 3.48. The Bertz CT molecular complexity index is 252. The van der Waals surface area contributed by atoms with Crippen LogP contribution in [0.5, 0.6) is 0 Å². The fourth-order valence-corrected chi connectivity index (χ4v) is 1.18. The summed E-state index contributed by atoms with van der Waals surface area (Å²) in [5, 5.41) is 18.9. The summed E-state index contributed by atoms with van der Waals surface area (Å²) in [6.07, 6.45) is 3.29. The van der Waals surface area contributed by atoms with Gasteiger partial charge in [-0.1, -0.05) is 12.8 Å². The van der Waals surface area contributed by atoms with E-state index >= 15 is 0 Å². The fourth-order valence-electron chi connectivity index (χ4n) is 1.18. The van der Waals surface area contributed by atoms with Crippen molar-refractivity contribution in [2.75, 3.05) is 6.54 Å². The Labute approximate surface area is 93.6 Å². The van der Waals surface area contributed by atoms with Crippen LogP contribution in [0.15, 0.2) is 0 Å². The van der Waals surface area contributed by atoms with Crippen LogP contribution in [-0.4, -0.2) is 34.6 Å². The minimum absolute atomic E-state index is 0.158. The predicted octanol–water partition coefficient (Wildman–Crippen LogP) is 0.612. The zero-order valence-corrected chi connectivity index (χ0v) is 9.07. The number of carboxylic acid groups (broad SMARTS) is 2. The van der Waals surface area contributed by atoms with Crippen LogP contribution < -0.4 is 5.32 Å². The molecule has 0 fully saturated rings. The van der Waals surface area contributed by atoms with Gasteiger partial charge in [-0.05, 0) is 12.8 Å². The largest absolute Gasteiger partial charge is 0.481 e. The molecule has 0 rings (SSSR count). The van der Waals surface area contributed by atoms with Crippen molar-refractivity contribution in [3.8, 4) is 0 Å². The smallest absolute Gasteiger partial charge is 0.322 e. The third kappa shape index (κ3) is 10.5. The standard InChI is InChI=1S/C10H17NO5/c12-8(11-7-10(15)16)5-3-1-2-4-6-9(13)14/h1-7H2,(H,11,12)(H,13,14)(H,15,16). The van der Waals surface area contributed by atoms with Crippen molar-refractivity contribution in [2.45, 2.75) is 38.5 Å². The summed E-state index contributed by atoms with van der Waals surface area (Å²) < 4.78 is 0. The van der Waals surface area contributed by atoms with Crippen molar-refractivity contribution in [3.63, 3.8) is 0 Å². The number of unbranched alkanes of at least 4 members (excludes halogenated alkanes) is 3. The lowest BCUT2D eigenvalue weighted by Crippen LogP contribution is -2.28. The summed E-state index contributed by atoms with van der Waals surface area (Å²) in [5.74, 6) is -2.14. The number of hydrogen-bond donors (Lipinski definition) is 3. The third-order valence-corrected chi connectivity index (χ3v) is 1.98. The molecule has 0 aromatic rings. The average Bonchev–Trinajstić information content (AvgIpc) is 2.19. The van der Waals surface area contributed by atoms with Gasteiger partial charge in [0.25, 0.3) is 0 Å². The molecule has 0 aliphatic heterocycles. The molecule has 6 heteroatoms. The predicted molar refractivity (Wildman–Crippen MR) is 56.0 cm³/mol. The molecule has 0 aromatic carbocycles. The second kappa shape index (κ2) is 8.70. The molecule has 6 nitrogen and oxygen atoms in total. The molecule has 3 N–H and O–H groups in total. The zero-order valence-electron chi connectivity index (χ0n) is 9.07. The molecule has 92 valence electrons. The summed E-state index contributed by atoms with van der Waals surface area (Å²) in [5.41, 5.74) is 0. The highest BCUT2D eigenvalue weighted by atomic mass is 16.4. The molecule has 0 aromatic heterocycles. The molecule has 0 aliphatic carbocycles. The number of amides is 1. The van der Waals surface area contributed by atoms with Crippen molar-refractivity contribution in [1.82, 2.24) is 5.32 Å². The molecular weight excluding hydrogens is 214 g/mol. The number of rotatable bonds is 9. The van der Waals surface area contributed by atoms with E-state index in [-0.39, 0.29) is 18.9 Å². The van der Waals surface area contributed by atoms with E-state index in [1.165, 1.54) is 0 Å². The molecule has 0 aliphatic rings. The summed E-state index contributed by atoms with van der Waals surface area (Å²) in [7, 11) is 0. The van der Waals surface area contributed by atoms with Gasteiger partial charge in [-0.15, -0.1) is 0 Å². The van der Waals surface area contributed by atoms with Crippen molar-refractivity contribution in [3.05, 3.63) is 0 Å². The molecule has 1 amide bonds. The molecule has 0 radical (unpaired) electrons. The van der Waals surface area contributed by atoms with Crippen LogP contribution in [0.25, 0.3) is 0 Å². The monoisotopic (exact) mass is 231 g/mol. The molecule has 0 unspecified atom stereocenters. The van der Waals surface area contributed by atoms with E-state index < -0.39 is 11.9 Å².